The van der Waals surface area contributed by atoms with E-state index in [2.05, 4.69) is 22.6 Å². The van der Waals surface area contributed by atoms with E-state index in [1.807, 2.05) is 5.38 Å². The molecule has 0 unspecified atom stereocenters. The standard InChI is InChI=1S/C14H17BN4O3S/c1-2-4-22-19-10-6-11(13-17-3-5-23-13)12(7-16-9-21-15)18(8-10)14(19)20/h2-3,5-6,9-10,12H,1,4,7-8,15H2/t10-,12-/m1/s1. The monoisotopic (exact) mass is 332 g/mol. The van der Waals surface area contributed by atoms with E-state index in [0.717, 1.165) is 10.6 Å². The zero-order chi connectivity index (χ0) is 16.2. The number of hydroxylamine groups is 2. The third-order valence-electron chi connectivity index (χ3n) is 3.70. The van der Waals surface area contributed by atoms with Crippen LogP contribution < -0.4 is 0 Å². The van der Waals surface area contributed by atoms with Gasteiger partial charge in [0.2, 0.25) is 0 Å². The lowest BCUT2D eigenvalue weighted by molar-refractivity contribution is -0.107. The smallest absolute Gasteiger partial charge is 0.345 e. The first-order valence-electron chi connectivity index (χ1n) is 7.22. The topological polar surface area (TPSA) is 67.3 Å². The molecule has 23 heavy (non-hydrogen) atoms. The third-order valence-corrected chi connectivity index (χ3v) is 4.52. The molecule has 1 aromatic rings. The Morgan fingerprint density at radius 1 is 1.61 bits per heavy atom. The van der Waals surface area contributed by atoms with Crippen molar-refractivity contribution in [3.8, 4) is 0 Å². The summed E-state index contributed by atoms with van der Waals surface area (Å²) in [6.45, 7) is 4.92. The summed E-state index contributed by atoms with van der Waals surface area (Å²) in [5.74, 6) is 0. The number of aromatic nitrogens is 1. The van der Waals surface area contributed by atoms with Crippen LogP contribution in [-0.2, 0) is 9.49 Å². The molecule has 2 aliphatic rings. The first-order valence-corrected chi connectivity index (χ1v) is 8.10. The molecule has 3 rings (SSSR count). The molecule has 1 aromatic heterocycles. The molecule has 0 aromatic carbocycles. The summed E-state index contributed by atoms with van der Waals surface area (Å²) in [7, 11) is 1.55. The third kappa shape index (κ3) is 3.02. The van der Waals surface area contributed by atoms with Crippen molar-refractivity contribution >= 4 is 37.4 Å². The van der Waals surface area contributed by atoms with Gasteiger partial charge in [-0.1, -0.05) is 6.08 Å². The normalized spacial score (nSPS) is 23.5. The van der Waals surface area contributed by atoms with E-state index in [4.69, 9.17) is 9.49 Å². The molecule has 0 radical (unpaired) electrons. The van der Waals surface area contributed by atoms with Gasteiger partial charge in [0.1, 0.15) is 5.01 Å². The van der Waals surface area contributed by atoms with Crippen molar-refractivity contribution < 1.29 is 14.3 Å². The second-order valence-corrected chi connectivity index (χ2v) is 5.99. The largest absolute Gasteiger partial charge is 0.560 e. The van der Waals surface area contributed by atoms with Gasteiger partial charge >= 0.3 is 14.1 Å². The molecule has 0 aliphatic carbocycles. The Hall–Kier alpha value is -2.13. The molecule has 0 N–H and O–H groups in total. The maximum Gasteiger partial charge on any atom is 0.345 e. The number of hydrogen-bond donors (Lipinski definition) is 0. The van der Waals surface area contributed by atoms with Crippen molar-refractivity contribution in [2.75, 3.05) is 19.7 Å². The number of amides is 2. The number of hydrogen-bond acceptors (Lipinski definition) is 6. The number of nitrogens with zero attached hydrogens (tertiary/aromatic N) is 4. The van der Waals surface area contributed by atoms with Gasteiger partial charge in [-0.25, -0.2) is 9.78 Å². The molecular weight excluding hydrogens is 315 g/mol. The first kappa shape index (κ1) is 15.8. The fraction of sp³-hybridized carbons (Fsp3) is 0.357. The first-order chi connectivity index (χ1) is 11.3. The summed E-state index contributed by atoms with van der Waals surface area (Å²) in [5, 5.41) is 4.23. The van der Waals surface area contributed by atoms with Gasteiger partial charge in [0.15, 0.2) is 6.40 Å². The van der Waals surface area contributed by atoms with E-state index in [1.165, 1.54) is 11.5 Å². The van der Waals surface area contributed by atoms with Crippen molar-refractivity contribution in [2.24, 2.45) is 4.99 Å². The summed E-state index contributed by atoms with van der Waals surface area (Å²) in [4.78, 5) is 28.5. The van der Waals surface area contributed by atoms with Crippen molar-refractivity contribution in [3.05, 3.63) is 35.3 Å². The van der Waals surface area contributed by atoms with Gasteiger partial charge in [-0.2, -0.15) is 5.06 Å². The zero-order valence-electron chi connectivity index (χ0n) is 12.8. The van der Waals surface area contributed by atoms with Crippen molar-refractivity contribution in [3.63, 3.8) is 0 Å². The average molecular weight is 332 g/mol. The van der Waals surface area contributed by atoms with Crippen molar-refractivity contribution in [1.29, 1.82) is 0 Å². The highest BCUT2D eigenvalue weighted by Crippen LogP contribution is 2.35. The highest BCUT2D eigenvalue weighted by Gasteiger charge is 2.46. The van der Waals surface area contributed by atoms with Crippen LogP contribution in [0.1, 0.15) is 5.01 Å². The predicted octanol–water partition coefficient (Wildman–Crippen LogP) is 0.726. The molecule has 2 amide bonds. The van der Waals surface area contributed by atoms with Gasteiger partial charge in [-0.05, 0) is 6.08 Å². The Balaban J connectivity index is 1.90. The Labute approximate surface area is 139 Å². The number of aliphatic imine (C=N–C) groups is 1. The maximum atomic E-state index is 12.6. The molecule has 2 atom stereocenters. The Morgan fingerprint density at radius 2 is 2.48 bits per heavy atom. The van der Waals surface area contributed by atoms with E-state index < -0.39 is 0 Å². The number of thiazole rings is 1. The number of carbonyl (C=O) groups is 1. The molecule has 2 bridgehead atoms. The number of fused-ring (bicyclic) bond motifs is 2. The lowest BCUT2D eigenvalue weighted by atomic mass is 9.99. The zero-order valence-corrected chi connectivity index (χ0v) is 13.6. The van der Waals surface area contributed by atoms with Crippen LogP contribution in [0, 0.1) is 0 Å². The predicted molar refractivity (Wildman–Crippen MR) is 90.7 cm³/mol. The molecular formula is C14H17BN4O3S. The molecule has 7 nitrogen and oxygen atoms in total. The maximum absolute atomic E-state index is 12.6. The number of rotatable bonds is 7. The van der Waals surface area contributed by atoms with E-state index >= 15 is 0 Å². The summed E-state index contributed by atoms with van der Waals surface area (Å²) in [5.41, 5.74) is 1.00. The lowest BCUT2D eigenvalue weighted by Crippen LogP contribution is -2.42. The van der Waals surface area contributed by atoms with Crippen LogP contribution in [0.25, 0.3) is 5.57 Å². The minimum atomic E-state index is -0.173. The van der Waals surface area contributed by atoms with E-state index in [9.17, 15) is 4.79 Å². The Morgan fingerprint density at radius 3 is 3.17 bits per heavy atom. The van der Waals surface area contributed by atoms with Crippen LogP contribution in [0.4, 0.5) is 4.79 Å². The highest BCUT2D eigenvalue weighted by atomic mass is 32.1. The van der Waals surface area contributed by atoms with Crippen molar-refractivity contribution in [1.82, 2.24) is 14.9 Å². The minimum absolute atomic E-state index is 0.121. The van der Waals surface area contributed by atoms with Crippen LogP contribution in [-0.4, -0.2) is 67.2 Å². The van der Waals surface area contributed by atoms with Gasteiger partial charge in [0.05, 0.1) is 25.2 Å². The Bertz CT molecular complexity index is 634. The van der Waals surface area contributed by atoms with Crippen LogP contribution in [0.15, 0.2) is 35.3 Å². The summed E-state index contributed by atoms with van der Waals surface area (Å²) >= 11 is 1.55. The molecule has 2 aliphatic heterocycles. The van der Waals surface area contributed by atoms with Crippen LogP contribution in [0.5, 0.6) is 0 Å². The van der Waals surface area contributed by atoms with Crippen LogP contribution in [0.3, 0.4) is 0 Å². The summed E-state index contributed by atoms with van der Waals surface area (Å²) in [6, 6.07) is -0.449. The van der Waals surface area contributed by atoms with Crippen molar-refractivity contribution in [2.45, 2.75) is 12.1 Å². The molecule has 0 spiro atoms. The van der Waals surface area contributed by atoms with Gasteiger partial charge < -0.3 is 9.55 Å². The summed E-state index contributed by atoms with van der Waals surface area (Å²) in [6.07, 6.45) is 6.82. The molecule has 1 fully saturated rings. The molecule has 9 heteroatoms. The van der Waals surface area contributed by atoms with Gasteiger partial charge in [0.25, 0.3) is 0 Å². The second kappa shape index (κ2) is 6.97. The quantitative estimate of drug-likeness (QED) is 0.319. The Kier molecular flexibility index (Phi) is 4.77. The summed E-state index contributed by atoms with van der Waals surface area (Å²) < 4.78 is 4.87. The molecule has 1 saturated heterocycles. The highest BCUT2D eigenvalue weighted by molar-refractivity contribution is 7.10. The van der Waals surface area contributed by atoms with E-state index in [-0.39, 0.29) is 18.1 Å². The molecule has 0 saturated carbocycles. The SMILES string of the molecule is BOC=NC[C@@H]1C(c2nccs2)=C[C@@H]2CN1C(=O)N2OCC=C. The van der Waals surface area contributed by atoms with Crippen LogP contribution >= 0.6 is 11.3 Å². The van der Waals surface area contributed by atoms with Gasteiger partial charge in [-0.15, -0.1) is 17.9 Å². The fourth-order valence-electron chi connectivity index (χ4n) is 2.77. The van der Waals surface area contributed by atoms with E-state index in [0.29, 0.717) is 19.7 Å². The van der Waals surface area contributed by atoms with Crippen LogP contribution in [0.2, 0.25) is 0 Å². The molecule has 3 heterocycles. The number of carbonyl (C=O) groups excluding carboxylic acids is 1. The van der Waals surface area contributed by atoms with E-state index in [1.54, 1.807) is 36.6 Å². The lowest BCUT2D eigenvalue weighted by Gasteiger charge is -2.29. The molecule has 120 valence electrons. The number of urea groups is 1. The second-order valence-electron chi connectivity index (χ2n) is 5.09. The minimum Gasteiger partial charge on any atom is -0.560 e. The average Bonchev–Trinajstić information content (AvgIpc) is 3.17. The van der Waals surface area contributed by atoms with Gasteiger partial charge in [-0.3, -0.25) is 9.83 Å². The van der Waals surface area contributed by atoms with Gasteiger partial charge in [0, 0.05) is 23.7 Å². The fourth-order valence-corrected chi connectivity index (χ4v) is 3.48.